The van der Waals surface area contributed by atoms with Gasteiger partial charge in [-0.25, -0.2) is 0 Å². The van der Waals surface area contributed by atoms with E-state index in [9.17, 15) is 9.59 Å². The number of carbonyl (C=O) groups excluding carboxylic acids is 2. The molecule has 3 aliphatic rings. The minimum Gasteiger partial charge on any atom is -0.339 e. The number of rotatable bonds is 3. The summed E-state index contributed by atoms with van der Waals surface area (Å²) in [6, 6.07) is 3.85. The van der Waals surface area contributed by atoms with Crippen molar-refractivity contribution in [3.05, 3.63) is 30.1 Å². The first-order valence-corrected chi connectivity index (χ1v) is 9.95. The van der Waals surface area contributed by atoms with Crippen LogP contribution in [0.15, 0.2) is 24.5 Å². The monoisotopic (exact) mass is 371 g/mol. The molecule has 1 aromatic heterocycles. The first kappa shape index (κ1) is 18.4. The van der Waals surface area contributed by atoms with Crippen LogP contribution in [0, 0.1) is 5.92 Å². The number of nitrogens with one attached hydrogen (secondary N) is 1. The van der Waals surface area contributed by atoms with Gasteiger partial charge in [-0.3, -0.25) is 19.5 Å². The fraction of sp³-hybridized carbons (Fsp3) is 0.650. The van der Waals surface area contributed by atoms with Crippen molar-refractivity contribution < 1.29 is 9.59 Å². The SMILES string of the molecule is CN1CCN(C(=O)[C@H]2CC(=O)N(Cc3cccnc3)C2)CC12CCNCC2. The lowest BCUT2D eigenvalue weighted by atomic mass is 9.84. The van der Waals surface area contributed by atoms with Crippen LogP contribution in [0.5, 0.6) is 0 Å². The van der Waals surface area contributed by atoms with E-state index in [2.05, 4.69) is 22.2 Å². The van der Waals surface area contributed by atoms with Gasteiger partial charge in [0.2, 0.25) is 11.8 Å². The molecule has 0 unspecified atom stereocenters. The molecule has 1 spiro atoms. The van der Waals surface area contributed by atoms with Crippen LogP contribution in [0.1, 0.15) is 24.8 Å². The second kappa shape index (κ2) is 7.56. The predicted octanol–water partition coefficient (Wildman–Crippen LogP) is 0.326. The topological polar surface area (TPSA) is 68.8 Å². The molecule has 7 nitrogen and oxygen atoms in total. The number of piperidine rings is 1. The molecule has 4 heterocycles. The summed E-state index contributed by atoms with van der Waals surface area (Å²) >= 11 is 0. The molecule has 27 heavy (non-hydrogen) atoms. The third kappa shape index (κ3) is 3.71. The van der Waals surface area contributed by atoms with Crippen molar-refractivity contribution in [2.75, 3.05) is 46.3 Å². The summed E-state index contributed by atoms with van der Waals surface area (Å²) in [4.78, 5) is 36.0. The van der Waals surface area contributed by atoms with E-state index in [4.69, 9.17) is 0 Å². The fourth-order valence-electron chi connectivity index (χ4n) is 4.74. The van der Waals surface area contributed by atoms with Crippen molar-refractivity contribution in [2.45, 2.75) is 31.3 Å². The molecule has 3 fully saturated rings. The summed E-state index contributed by atoms with van der Waals surface area (Å²) in [5.74, 6) is 0.0160. The zero-order valence-electron chi connectivity index (χ0n) is 16.1. The van der Waals surface area contributed by atoms with E-state index in [0.29, 0.717) is 19.5 Å². The van der Waals surface area contributed by atoms with Gasteiger partial charge in [-0.15, -0.1) is 0 Å². The number of amides is 2. The zero-order valence-corrected chi connectivity index (χ0v) is 16.1. The quantitative estimate of drug-likeness (QED) is 0.829. The van der Waals surface area contributed by atoms with Gasteiger partial charge >= 0.3 is 0 Å². The molecular formula is C20H29N5O2. The standard InChI is InChI=1S/C20H29N5O2/c1-23-9-10-24(15-20(23)4-7-21-8-5-20)19(27)17-11-18(26)25(14-17)13-16-3-2-6-22-12-16/h2-3,6,12,17,21H,4-5,7-11,13-15H2,1H3/t17-/m0/s1. The van der Waals surface area contributed by atoms with Crippen LogP contribution in [0.4, 0.5) is 0 Å². The van der Waals surface area contributed by atoms with E-state index in [1.807, 2.05) is 17.0 Å². The maximum Gasteiger partial charge on any atom is 0.228 e. The summed E-state index contributed by atoms with van der Waals surface area (Å²) in [6.07, 6.45) is 5.99. The number of likely N-dealkylation sites (N-methyl/N-ethyl adjacent to an activating group) is 1. The van der Waals surface area contributed by atoms with Crippen molar-refractivity contribution in [3.8, 4) is 0 Å². The van der Waals surface area contributed by atoms with Crippen LogP contribution in [-0.4, -0.2) is 83.4 Å². The number of nitrogens with zero attached hydrogens (tertiary/aromatic N) is 4. The maximum absolute atomic E-state index is 13.2. The lowest BCUT2D eigenvalue weighted by molar-refractivity contribution is -0.141. The molecule has 3 saturated heterocycles. The Morgan fingerprint density at radius 1 is 1.33 bits per heavy atom. The molecule has 0 bridgehead atoms. The van der Waals surface area contributed by atoms with Crippen molar-refractivity contribution >= 4 is 11.8 Å². The fourth-order valence-corrected chi connectivity index (χ4v) is 4.74. The third-order valence-corrected chi connectivity index (χ3v) is 6.51. The number of carbonyl (C=O) groups is 2. The summed E-state index contributed by atoms with van der Waals surface area (Å²) in [5, 5.41) is 3.42. The van der Waals surface area contributed by atoms with Crippen LogP contribution in [0.25, 0.3) is 0 Å². The van der Waals surface area contributed by atoms with E-state index in [1.54, 1.807) is 17.3 Å². The second-order valence-corrected chi connectivity index (χ2v) is 8.19. The predicted molar refractivity (Wildman–Crippen MR) is 102 cm³/mol. The molecule has 0 aromatic carbocycles. The van der Waals surface area contributed by atoms with Crippen LogP contribution < -0.4 is 5.32 Å². The minimum atomic E-state index is -0.212. The molecule has 3 aliphatic heterocycles. The van der Waals surface area contributed by atoms with Gasteiger partial charge < -0.3 is 15.1 Å². The zero-order chi connectivity index (χ0) is 18.9. The van der Waals surface area contributed by atoms with Gasteiger partial charge in [0.15, 0.2) is 0 Å². The van der Waals surface area contributed by atoms with Crippen molar-refractivity contribution in [1.29, 1.82) is 0 Å². The molecular weight excluding hydrogens is 342 g/mol. The third-order valence-electron chi connectivity index (χ3n) is 6.51. The van der Waals surface area contributed by atoms with Crippen LogP contribution >= 0.6 is 0 Å². The Labute approximate surface area is 160 Å². The minimum absolute atomic E-state index is 0.0721. The van der Waals surface area contributed by atoms with Crippen LogP contribution in [0.3, 0.4) is 0 Å². The van der Waals surface area contributed by atoms with Crippen molar-refractivity contribution in [1.82, 2.24) is 25.0 Å². The number of aromatic nitrogens is 1. The smallest absolute Gasteiger partial charge is 0.228 e. The number of likely N-dealkylation sites (tertiary alicyclic amines) is 1. The van der Waals surface area contributed by atoms with Gasteiger partial charge in [-0.05, 0) is 44.6 Å². The molecule has 1 atom stereocenters. The van der Waals surface area contributed by atoms with E-state index in [0.717, 1.165) is 51.1 Å². The lowest BCUT2D eigenvalue weighted by Crippen LogP contribution is -2.65. The Morgan fingerprint density at radius 3 is 2.89 bits per heavy atom. The normalized spacial score (nSPS) is 26.0. The van der Waals surface area contributed by atoms with E-state index in [-0.39, 0.29) is 23.3 Å². The van der Waals surface area contributed by atoms with Crippen LogP contribution in [0.2, 0.25) is 0 Å². The van der Waals surface area contributed by atoms with Gasteiger partial charge in [0.1, 0.15) is 0 Å². The first-order valence-electron chi connectivity index (χ1n) is 9.95. The summed E-state index contributed by atoms with van der Waals surface area (Å²) in [6.45, 7) is 5.53. The van der Waals surface area contributed by atoms with Gasteiger partial charge in [0, 0.05) is 57.1 Å². The van der Waals surface area contributed by atoms with Crippen LogP contribution in [-0.2, 0) is 16.1 Å². The Balaban J connectivity index is 1.40. The number of hydrogen-bond donors (Lipinski definition) is 1. The van der Waals surface area contributed by atoms with E-state index in [1.165, 1.54) is 0 Å². The summed E-state index contributed by atoms with van der Waals surface area (Å²) < 4.78 is 0. The largest absolute Gasteiger partial charge is 0.339 e. The summed E-state index contributed by atoms with van der Waals surface area (Å²) in [7, 11) is 2.18. The molecule has 0 aliphatic carbocycles. The molecule has 2 amide bonds. The number of hydrogen-bond acceptors (Lipinski definition) is 5. The molecule has 4 rings (SSSR count). The highest BCUT2D eigenvalue weighted by atomic mass is 16.2. The number of piperazine rings is 1. The van der Waals surface area contributed by atoms with E-state index < -0.39 is 0 Å². The molecule has 146 valence electrons. The molecule has 1 N–H and O–H groups in total. The average Bonchev–Trinajstić information content (AvgIpc) is 3.05. The highest BCUT2D eigenvalue weighted by Crippen LogP contribution is 2.31. The van der Waals surface area contributed by atoms with Crippen molar-refractivity contribution in [3.63, 3.8) is 0 Å². The van der Waals surface area contributed by atoms with Gasteiger partial charge in [-0.1, -0.05) is 6.07 Å². The van der Waals surface area contributed by atoms with Gasteiger partial charge in [-0.2, -0.15) is 0 Å². The number of pyridine rings is 1. The molecule has 7 heteroatoms. The molecule has 1 aromatic rings. The Morgan fingerprint density at radius 2 is 2.15 bits per heavy atom. The highest BCUT2D eigenvalue weighted by Gasteiger charge is 2.44. The lowest BCUT2D eigenvalue weighted by Gasteiger charge is -2.51. The Hall–Kier alpha value is -1.99. The molecule has 0 saturated carbocycles. The maximum atomic E-state index is 13.2. The highest BCUT2D eigenvalue weighted by molar-refractivity contribution is 5.89. The Bertz CT molecular complexity index is 689. The Kier molecular flexibility index (Phi) is 5.14. The van der Waals surface area contributed by atoms with Gasteiger partial charge in [0.25, 0.3) is 0 Å². The second-order valence-electron chi connectivity index (χ2n) is 8.19. The van der Waals surface area contributed by atoms with Crippen molar-refractivity contribution in [2.24, 2.45) is 5.92 Å². The average molecular weight is 371 g/mol. The van der Waals surface area contributed by atoms with Gasteiger partial charge in [0.05, 0.1) is 5.92 Å². The summed E-state index contributed by atoms with van der Waals surface area (Å²) in [5.41, 5.74) is 1.10. The van der Waals surface area contributed by atoms with E-state index >= 15 is 0 Å². The molecule has 0 radical (unpaired) electrons. The first-order chi connectivity index (χ1) is 13.1.